The maximum atomic E-state index is 12.4. The molecular formula is C23H24N2O3S. The molecule has 0 N–H and O–H groups in total. The number of carbonyl (C=O) groups is 2. The van der Waals surface area contributed by atoms with Gasteiger partial charge in [-0.1, -0.05) is 36.8 Å². The van der Waals surface area contributed by atoms with Crippen molar-refractivity contribution in [1.29, 1.82) is 0 Å². The van der Waals surface area contributed by atoms with Crippen molar-refractivity contribution in [2.45, 2.75) is 40.7 Å². The number of hydrogen-bond acceptors (Lipinski definition) is 5. The van der Waals surface area contributed by atoms with E-state index < -0.39 is 0 Å². The summed E-state index contributed by atoms with van der Waals surface area (Å²) in [5.74, 6) is -0.498. The summed E-state index contributed by atoms with van der Waals surface area (Å²) in [4.78, 5) is 30.7. The van der Waals surface area contributed by atoms with Crippen molar-refractivity contribution >= 4 is 34.0 Å². The molecule has 0 aliphatic carbocycles. The van der Waals surface area contributed by atoms with Crippen molar-refractivity contribution in [3.05, 3.63) is 75.8 Å². The Bertz CT molecular complexity index is 1020. The van der Waals surface area contributed by atoms with E-state index >= 15 is 0 Å². The van der Waals surface area contributed by atoms with Gasteiger partial charge in [-0.2, -0.15) is 0 Å². The second-order valence-electron chi connectivity index (χ2n) is 6.89. The summed E-state index contributed by atoms with van der Waals surface area (Å²) in [6, 6.07) is 13.5. The molecule has 0 bridgehead atoms. The molecule has 0 radical (unpaired) electrons. The molecule has 0 aliphatic rings. The number of amides is 1. The summed E-state index contributed by atoms with van der Waals surface area (Å²) in [5.41, 5.74) is 5.02. The van der Waals surface area contributed by atoms with E-state index in [0.29, 0.717) is 16.4 Å². The summed E-state index contributed by atoms with van der Waals surface area (Å²) in [5, 5.41) is 2.36. The second kappa shape index (κ2) is 9.01. The van der Waals surface area contributed by atoms with Crippen LogP contribution in [0.25, 0.3) is 0 Å². The molecule has 5 nitrogen and oxygen atoms in total. The number of thiazole rings is 1. The summed E-state index contributed by atoms with van der Waals surface area (Å²) in [6.45, 7) is 7.47. The molecule has 1 amide bonds. The van der Waals surface area contributed by atoms with Gasteiger partial charge in [0.2, 0.25) is 5.91 Å². The number of rotatable bonds is 6. The lowest BCUT2D eigenvalue weighted by Gasteiger charge is -2.18. The number of ether oxygens (including phenoxy) is 1. The van der Waals surface area contributed by atoms with Crippen LogP contribution in [0, 0.1) is 13.8 Å². The Morgan fingerprint density at radius 1 is 1.10 bits per heavy atom. The molecule has 29 heavy (non-hydrogen) atoms. The van der Waals surface area contributed by atoms with Crippen molar-refractivity contribution in [2.24, 2.45) is 0 Å². The van der Waals surface area contributed by atoms with Crippen LogP contribution in [-0.4, -0.2) is 16.9 Å². The SMILES string of the molecule is CCc1ccc(N(C(C)=O)c2nc(COC(=O)c3cc(C)ccc3C)cs2)cc1. The van der Waals surface area contributed by atoms with Crippen molar-refractivity contribution in [1.82, 2.24) is 4.98 Å². The minimum atomic E-state index is -0.376. The predicted molar refractivity (Wildman–Crippen MR) is 116 cm³/mol. The van der Waals surface area contributed by atoms with Gasteiger partial charge in [0.05, 0.1) is 16.9 Å². The number of aryl methyl sites for hydroxylation is 3. The fourth-order valence-corrected chi connectivity index (χ4v) is 3.82. The van der Waals surface area contributed by atoms with E-state index in [9.17, 15) is 9.59 Å². The topological polar surface area (TPSA) is 59.5 Å². The normalized spacial score (nSPS) is 10.6. The van der Waals surface area contributed by atoms with Crippen LogP contribution in [0.3, 0.4) is 0 Å². The lowest BCUT2D eigenvalue weighted by Crippen LogP contribution is -2.22. The Kier molecular flexibility index (Phi) is 6.44. The molecule has 1 heterocycles. The summed E-state index contributed by atoms with van der Waals surface area (Å²) < 4.78 is 5.44. The molecule has 0 fully saturated rings. The third-order valence-electron chi connectivity index (χ3n) is 4.61. The van der Waals surface area contributed by atoms with E-state index in [1.54, 1.807) is 4.90 Å². The van der Waals surface area contributed by atoms with Gasteiger partial charge in [0.1, 0.15) is 6.61 Å². The van der Waals surface area contributed by atoms with Crippen LogP contribution in [0.4, 0.5) is 10.8 Å². The highest BCUT2D eigenvalue weighted by Crippen LogP contribution is 2.29. The van der Waals surface area contributed by atoms with Gasteiger partial charge in [0, 0.05) is 12.3 Å². The van der Waals surface area contributed by atoms with E-state index in [2.05, 4.69) is 11.9 Å². The van der Waals surface area contributed by atoms with Crippen LogP contribution in [0.2, 0.25) is 0 Å². The van der Waals surface area contributed by atoms with Crippen molar-refractivity contribution < 1.29 is 14.3 Å². The molecule has 6 heteroatoms. The fourth-order valence-electron chi connectivity index (χ4n) is 2.95. The number of esters is 1. The van der Waals surface area contributed by atoms with Gasteiger partial charge in [-0.3, -0.25) is 9.69 Å². The molecular weight excluding hydrogens is 384 g/mol. The minimum absolute atomic E-state index is 0.0588. The molecule has 3 rings (SSSR count). The summed E-state index contributed by atoms with van der Waals surface area (Å²) >= 11 is 1.35. The van der Waals surface area contributed by atoms with E-state index in [0.717, 1.165) is 23.2 Å². The van der Waals surface area contributed by atoms with Gasteiger partial charge in [-0.15, -0.1) is 11.3 Å². The quantitative estimate of drug-likeness (QED) is 0.515. The third-order valence-corrected chi connectivity index (χ3v) is 5.49. The Balaban J connectivity index is 1.73. The van der Waals surface area contributed by atoms with Gasteiger partial charge in [-0.05, 0) is 49.6 Å². The van der Waals surface area contributed by atoms with E-state index in [4.69, 9.17) is 4.74 Å². The first-order chi connectivity index (χ1) is 13.9. The van der Waals surface area contributed by atoms with Crippen LogP contribution >= 0.6 is 11.3 Å². The van der Waals surface area contributed by atoms with Gasteiger partial charge in [0.15, 0.2) is 5.13 Å². The zero-order valence-corrected chi connectivity index (χ0v) is 17.9. The first kappa shape index (κ1) is 20.7. The molecule has 0 spiro atoms. The number of hydrogen-bond donors (Lipinski definition) is 0. The molecule has 1 aromatic heterocycles. The molecule has 150 valence electrons. The zero-order valence-electron chi connectivity index (χ0n) is 17.1. The van der Waals surface area contributed by atoms with Crippen LogP contribution < -0.4 is 4.90 Å². The predicted octanol–water partition coefficient (Wildman–Crippen LogP) is 5.36. The van der Waals surface area contributed by atoms with Crippen molar-refractivity contribution in [2.75, 3.05) is 4.90 Å². The molecule has 0 saturated carbocycles. The van der Waals surface area contributed by atoms with E-state index in [1.807, 2.05) is 61.7 Å². The molecule has 2 aromatic carbocycles. The molecule has 0 atom stereocenters. The number of aromatic nitrogens is 1. The van der Waals surface area contributed by atoms with Gasteiger partial charge in [-0.25, -0.2) is 9.78 Å². The first-order valence-corrected chi connectivity index (χ1v) is 10.4. The van der Waals surface area contributed by atoms with E-state index in [-0.39, 0.29) is 18.5 Å². The second-order valence-corrected chi connectivity index (χ2v) is 7.73. The van der Waals surface area contributed by atoms with Crippen LogP contribution in [0.5, 0.6) is 0 Å². The Morgan fingerprint density at radius 2 is 1.83 bits per heavy atom. The largest absolute Gasteiger partial charge is 0.456 e. The van der Waals surface area contributed by atoms with Gasteiger partial charge in [0.25, 0.3) is 0 Å². The van der Waals surface area contributed by atoms with Gasteiger partial charge >= 0.3 is 5.97 Å². The smallest absolute Gasteiger partial charge is 0.338 e. The molecule has 0 aliphatic heterocycles. The highest BCUT2D eigenvalue weighted by Gasteiger charge is 2.19. The fraction of sp³-hybridized carbons (Fsp3) is 0.261. The van der Waals surface area contributed by atoms with E-state index in [1.165, 1.54) is 23.8 Å². The lowest BCUT2D eigenvalue weighted by molar-refractivity contribution is -0.115. The summed E-state index contributed by atoms with van der Waals surface area (Å²) in [6.07, 6.45) is 0.938. The van der Waals surface area contributed by atoms with Crippen LogP contribution in [0.1, 0.15) is 46.6 Å². The molecule has 3 aromatic rings. The Hall–Kier alpha value is -2.99. The average molecular weight is 409 g/mol. The molecule has 0 saturated heterocycles. The van der Waals surface area contributed by atoms with Crippen molar-refractivity contribution in [3.8, 4) is 0 Å². The van der Waals surface area contributed by atoms with Crippen LogP contribution in [0.15, 0.2) is 47.8 Å². The monoisotopic (exact) mass is 408 g/mol. The highest BCUT2D eigenvalue weighted by molar-refractivity contribution is 7.14. The standard InChI is InChI=1S/C23H24N2O3S/c1-5-18-8-10-20(11-9-18)25(17(4)26)23-24-19(14-29-23)13-28-22(27)21-12-15(2)6-7-16(21)3/h6-12,14H,5,13H2,1-4H3. The molecule has 0 unspecified atom stereocenters. The summed E-state index contributed by atoms with van der Waals surface area (Å²) in [7, 11) is 0. The first-order valence-electron chi connectivity index (χ1n) is 9.47. The average Bonchev–Trinajstić information content (AvgIpc) is 3.16. The van der Waals surface area contributed by atoms with Crippen LogP contribution in [-0.2, 0) is 22.6 Å². The number of benzene rings is 2. The maximum Gasteiger partial charge on any atom is 0.338 e. The maximum absolute atomic E-state index is 12.4. The zero-order chi connectivity index (χ0) is 21.0. The van der Waals surface area contributed by atoms with Crippen molar-refractivity contribution in [3.63, 3.8) is 0 Å². The number of nitrogens with zero attached hydrogens (tertiary/aromatic N) is 2. The number of anilines is 2. The van der Waals surface area contributed by atoms with Gasteiger partial charge < -0.3 is 4.74 Å². The Morgan fingerprint density at radius 3 is 2.48 bits per heavy atom. The third kappa shape index (κ3) is 4.90. The number of carbonyl (C=O) groups excluding carboxylic acids is 2. The minimum Gasteiger partial charge on any atom is -0.456 e. The lowest BCUT2D eigenvalue weighted by atomic mass is 10.1. The Labute approximate surface area is 175 Å². The highest BCUT2D eigenvalue weighted by atomic mass is 32.1.